The highest BCUT2D eigenvalue weighted by Crippen LogP contribution is 2.23. The minimum absolute atomic E-state index is 0.0912. The van der Waals surface area contributed by atoms with Gasteiger partial charge in [-0.15, -0.1) is 0 Å². The Bertz CT molecular complexity index is 514. The fraction of sp³-hybridized carbons (Fsp3) is 0.467. The van der Waals surface area contributed by atoms with Crippen molar-refractivity contribution in [3.63, 3.8) is 0 Å². The molecule has 108 valence electrons. The van der Waals surface area contributed by atoms with Gasteiger partial charge in [0.25, 0.3) is 5.91 Å². The van der Waals surface area contributed by atoms with Crippen LogP contribution >= 0.6 is 0 Å². The number of carbonyl (C=O) groups is 2. The first-order valence-corrected chi connectivity index (χ1v) is 6.79. The second-order valence-electron chi connectivity index (χ2n) is 5.22. The van der Waals surface area contributed by atoms with Crippen molar-refractivity contribution >= 4 is 11.9 Å². The lowest BCUT2D eigenvalue weighted by Gasteiger charge is -2.35. The van der Waals surface area contributed by atoms with Crippen LogP contribution in [0.25, 0.3) is 0 Å². The Morgan fingerprint density at radius 2 is 1.85 bits per heavy atom. The lowest BCUT2D eigenvalue weighted by molar-refractivity contribution is 0.0268. The molecule has 0 spiro atoms. The number of aliphatic hydroxyl groups is 1. The van der Waals surface area contributed by atoms with Gasteiger partial charge in [-0.25, -0.2) is 4.79 Å². The predicted octanol–water partition coefficient (Wildman–Crippen LogP) is 1.76. The minimum atomic E-state index is -1.06. The van der Waals surface area contributed by atoms with Crippen LogP contribution in [-0.4, -0.2) is 46.2 Å². The van der Waals surface area contributed by atoms with Crippen molar-refractivity contribution in [2.45, 2.75) is 37.8 Å². The highest BCUT2D eigenvalue weighted by molar-refractivity contribution is 5.97. The molecule has 0 heterocycles. The summed E-state index contributed by atoms with van der Waals surface area (Å²) < 4.78 is 0. The zero-order valence-corrected chi connectivity index (χ0v) is 11.5. The lowest BCUT2D eigenvalue weighted by Crippen LogP contribution is -2.46. The molecule has 0 bridgehead atoms. The normalized spacial score (nSPS) is 22.3. The SMILES string of the molecule is CN(C(=O)c1cccc(C(=O)O)c1)C1CCCCC1O. The summed E-state index contributed by atoms with van der Waals surface area (Å²) in [5, 5.41) is 18.9. The summed E-state index contributed by atoms with van der Waals surface area (Å²) in [5.41, 5.74) is 0.429. The molecule has 1 aromatic carbocycles. The van der Waals surface area contributed by atoms with Gasteiger partial charge < -0.3 is 15.1 Å². The summed E-state index contributed by atoms with van der Waals surface area (Å²) in [7, 11) is 1.66. The van der Waals surface area contributed by atoms with Crippen molar-refractivity contribution in [2.24, 2.45) is 0 Å². The number of aliphatic hydroxyl groups excluding tert-OH is 1. The quantitative estimate of drug-likeness (QED) is 0.882. The number of hydrogen-bond donors (Lipinski definition) is 2. The minimum Gasteiger partial charge on any atom is -0.478 e. The van der Waals surface area contributed by atoms with Gasteiger partial charge in [-0.1, -0.05) is 18.9 Å². The van der Waals surface area contributed by atoms with Gasteiger partial charge in [-0.3, -0.25) is 4.79 Å². The number of amides is 1. The summed E-state index contributed by atoms with van der Waals surface area (Å²) in [6, 6.07) is 5.79. The molecule has 2 unspecified atom stereocenters. The number of nitrogens with zero attached hydrogens (tertiary/aromatic N) is 1. The van der Waals surface area contributed by atoms with Crippen LogP contribution in [0.4, 0.5) is 0 Å². The van der Waals surface area contributed by atoms with E-state index in [4.69, 9.17) is 5.11 Å². The van der Waals surface area contributed by atoms with Crippen LogP contribution in [-0.2, 0) is 0 Å². The topological polar surface area (TPSA) is 77.8 Å². The Balaban J connectivity index is 2.17. The van der Waals surface area contributed by atoms with Gasteiger partial charge in [0, 0.05) is 12.6 Å². The maximum Gasteiger partial charge on any atom is 0.335 e. The molecule has 1 amide bonds. The molecule has 1 aliphatic rings. The molecule has 2 rings (SSSR count). The summed E-state index contributed by atoms with van der Waals surface area (Å²) >= 11 is 0. The molecular weight excluding hydrogens is 258 g/mol. The maximum atomic E-state index is 12.4. The van der Waals surface area contributed by atoms with E-state index in [2.05, 4.69) is 0 Å². The van der Waals surface area contributed by atoms with E-state index >= 15 is 0 Å². The number of benzene rings is 1. The van der Waals surface area contributed by atoms with Crippen LogP contribution in [0.3, 0.4) is 0 Å². The smallest absolute Gasteiger partial charge is 0.335 e. The Morgan fingerprint density at radius 3 is 2.50 bits per heavy atom. The largest absolute Gasteiger partial charge is 0.478 e. The highest BCUT2D eigenvalue weighted by atomic mass is 16.4. The number of hydrogen-bond acceptors (Lipinski definition) is 3. The number of likely N-dealkylation sites (N-methyl/N-ethyl adjacent to an activating group) is 1. The van der Waals surface area contributed by atoms with E-state index in [0.29, 0.717) is 12.0 Å². The van der Waals surface area contributed by atoms with Crippen molar-refractivity contribution < 1.29 is 19.8 Å². The molecule has 5 heteroatoms. The van der Waals surface area contributed by atoms with Crippen molar-refractivity contribution in [1.29, 1.82) is 0 Å². The fourth-order valence-electron chi connectivity index (χ4n) is 2.68. The van der Waals surface area contributed by atoms with E-state index in [1.54, 1.807) is 19.2 Å². The average molecular weight is 277 g/mol. The molecule has 1 aliphatic carbocycles. The lowest BCUT2D eigenvalue weighted by atomic mass is 9.91. The molecule has 0 radical (unpaired) electrons. The van der Waals surface area contributed by atoms with Crippen LogP contribution in [0.1, 0.15) is 46.4 Å². The first-order chi connectivity index (χ1) is 9.50. The molecule has 5 nitrogen and oxygen atoms in total. The first kappa shape index (κ1) is 14.5. The highest BCUT2D eigenvalue weighted by Gasteiger charge is 2.29. The zero-order valence-electron chi connectivity index (χ0n) is 11.5. The molecule has 1 fully saturated rings. The average Bonchev–Trinajstić information content (AvgIpc) is 2.46. The van der Waals surface area contributed by atoms with Crippen molar-refractivity contribution in [1.82, 2.24) is 4.90 Å². The number of carbonyl (C=O) groups excluding carboxylic acids is 1. The Kier molecular flexibility index (Phi) is 4.39. The Labute approximate surface area is 117 Å². The maximum absolute atomic E-state index is 12.4. The van der Waals surface area contributed by atoms with E-state index in [9.17, 15) is 14.7 Å². The van der Waals surface area contributed by atoms with Crippen LogP contribution < -0.4 is 0 Å². The van der Waals surface area contributed by atoms with Gasteiger partial charge in [0.2, 0.25) is 0 Å². The summed E-state index contributed by atoms with van der Waals surface area (Å²) in [5.74, 6) is -1.31. The molecule has 2 N–H and O–H groups in total. The number of carboxylic acid groups (broad SMARTS) is 1. The van der Waals surface area contributed by atoms with Gasteiger partial charge in [0.15, 0.2) is 0 Å². The number of aromatic carboxylic acids is 1. The standard InChI is InChI=1S/C15H19NO4/c1-16(12-7-2-3-8-13(12)17)14(18)10-5-4-6-11(9-10)15(19)20/h4-6,9,12-13,17H,2-3,7-8H2,1H3,(H,19,20). The van der Waals surface area contributed by atoms with E-state index < -0.39 is 12.1 Å². The van der Waals surface area contributed by atoms with Gasteiger partial charge >= 0.3 is 5.97 Å². The van der Waals surface area contributed by atoms with E-state index in [-0.39, 0.29) is 17.5 Å². The third-order valence-corrected chi connectivity index (χ3v) is 3.87. The van der Waals surface area contributed by atoms with Crippen LogP contribution in [0, 0.1) is 0 Å². The molecule has 1 saturated carbocycles. The monoisotopic (exact) mass is 277 g/mol. The van der Waals surface area contributed by atoms with Gasteiger partial charge in [-0.2, -0.15) is 0 Å². The van der Waals surface area contributed by atoms with Gasteiger partial charge in [-0.05, 0) is 31.0 Å². The Hall–Kier alpha value is -1.88. The van der Waals surface area contributed by atoms with Crippen LogP contribution in [0.15, 0.2) is 24.3 Å². The third-order valence-electron chi connectivity index (χ3n) is 3.87. The van der Waals surface area contributed by atoms with Crippen molar-refractivity contribution in [3.8, 4) is 0 Å². The molecule has 20 heavy (non-hydrogen) atoms. The molecule has 2 atom stereocenters. The second-order valence-corrected chi connectivity index (χ2v) is 5.22. The Morgan fingerprint density at radius 1 is 1.20 bits per heavy atom. The second kappa shape index (κ2) is 6.05. The molecular formula is C15H19NO4. The van der Waals surface area contributed by atoms with Gasteiger partial charge in [0.1, 0.15) is 0 Å². The summed E-state index contributed by atoms with van der Waals surface area (Å²) in [4.78, 5) is 24.9. The molecule has 0 aromatic heterocycles. The fourth-order valence-corrected chi connectivity index (χ4v) is 2.68. The van der Waals surface area contributed by atoms with Crippen molar-refractivity contribution in [3.05, 3.63) is 35.4 Å². The predicted molar refractivity (Wildman–Crippen MR) is 73.8 cm³/mol. The van der Waals surface area contributed by atoms with E-state index in [0.717, 1.165) is 19.3 Å². The third kappa shape index (κ3) is 2.99. The van der Waals surface area contributed by atoms with Crippen molar-refractivity contribution in [2.75, 3.05) is 7.05 Å². The number of rotatable bonds is 3. The van der Waals surface area contributed by atoms with Crippen LogP contribution in [0.2, 0.25) is 0 Å². The zero-order chi connectivity index (χ0) is 14.7. The number of carboxylic acids is 1. The summed E-state index contributed by atoms with van der Waals surface area (Å²) in [6.45, 7) is 0. The first-order valence-electron chi connectivity index (χ1n) is 6.79. The summed E-state index contributed by atoms with van der Waals surface area (Å²) in [6.07, 6.45) is 2.96. The van der Waals surface area contributed by atoms with E-state index in [1.165, 1.54) is 17.0 Å². The van der Waals surface area contributed by atoms with E-state index in [1.807, 2.05) is 0 Å². The van der Waals surface area contributed by atoms with Gasteiger partial charge in [0.05, 0.1) is 17.7 Å². The molecule has 0 saturated heterocycles. The molecule has 1 aromatic rings. The van der Waals surface area contributed by atoms with Crippen LogP contribution in [0.5, 0.6) is 0 Å². The molecule has 0 aliphatic heterocycles.